The van der Waals surface area contributed by atoms with E-state index in [0.717, 1.165) is 12.0 Å². The smallest absolute Gasteiger partial charge is 0.325 e. The summed E-state index contributed by atoms with van der Waals surface area (Å²) in [5, 5.41) is 2.72. The lowest BCUT2D eigenvalue weighted by molar-refractivity contribution is -0.129. The van der Waals surface area contributed by atoms with Crippen LogP contribution in [0.2, 0.25) is 0 Å². The van der Waals surface area contributed by atoms with Gasteiger partial charge in [-0.25, -0.2) is 18.1 Å². The Kier molecular flexibility index (Phi) is 6.60. The molecule has 3 rings (SSSR count). The van der Waals surface area contributed by atoms with Gasteiger partial charge in [-0.2, -0.15) is 4.31 Å². The molecule has 3 amide bonds. The van der Waals surface area contributed by atoms with E-state index in [1.165, 1.54) is 9.21 Å². The maximum Gasteiger partial charge on any atom is 0.325 e. The van der Waals surface area contributed by atoms with Gasteiger partial charge in [0.15, 0.2) is 0 Å². The summed E-state index contributed by atoms with van der Waals surface area (Å²) in [6.45, 7) is 7.90. The average Bonchev–Trinajstić information content (AvgIpc) is 2.96. The van der Waals surface area contributed by atoms with Gasteiger partial charge < -0.3 is 5.32 Å². The fraction of sp³-hybridized carbons (Fsp3) is 0.600. The lowest BCUT2D eigenvalue weighted by atomic mass is 10.0. The first-order valence-electron chi connectivity index (χ1n) is 10.2. The lowest BCUT2D eigenvalue weighted by Gasteiger charge is -2.35. The standard InChI is InChI=1S/C20H30N4O4S/c1-4-5-18-19(25)24(20(26)21-18)14-22-10-12-23(13-11-22)29(27,28)17-8-6-16(7-9-17)15(2)3/h6-9,15,18H,4-5,10-14H2,1-3H3,(H,21,26)/t18-/m1/s1. The van der Waals surface area contributed by atoms with Gasteiger partial charge in [0, 0.05) is 26.2 Å². The summed E-state index contributed by atoms with van der Waals surface area (Å²) < 4.78 is 27.3. The Labute approximate surface area is 172 Å². The Hall–Kier alpha value is -1.97. The maximum atomic E-state index is 12.9. The SMILES string of the molecule is CCC[C@H]1NC(=O)N(CN2CCN(S(=O)(=O)c3ccc(C(C)C)cc3)CC2)C1=O. The van der Waals surface area contributed by atoms with E-state index in [9.17, 15) is 18.0 Å². The van der Waals surface area contributed by atoms with E-state index < -0.39 is 16.1 Å². The summed E-state index contributed by atoms with van der Waals surface area (Å²) in [5.74, 6) is 0.148. The van der Waals surface area contributed by atoms with E-state index in [0.29, 0.717) is 43.4 Å². The number of amides is 3. The zero-order valence-corrected chi connectivity index (χ0v) is 18.1. The van der Waals surface area contributed by atoms with Crippen LogP contribution in [0.25, 0.3) is 0 Å². The van der Waals surface area contributed by atoms with Crippen molar-refractivity contribution in [2.45, 2.75) is 50.5 Å². The van der Waals surface area contributed by atoms with Gasteiger partial charge >= 0.3 is 6.03 Å². The Balaban J connectivity index is 1.58. The van der Waals surface area contributed by atoms with E-state index in [2.05, 4.69) is 19.2 Å². The summed E-state index contributed by atoms with van der Waals surface area (Å²) in [6.07, 6.45) is 1.45. The number of imide groups is 1. The number of carbonyl (C=O) groups is 2. The van der Waals surface area contributed by atoms with Crippen molar-refractivity contribution in [3.8, 4) is 0 Å². The minimum atomic E-state index is -3.55. The van der Waals surface area contributed by atoms with Gasteiger partial charge in [0.05, 0.1) is 11.6 Å². The van der Waals surface area contributed by atoms with E-state index in [1.54, 1.807) is 12.1 Å². The molecular formula is C20H30N4O4S. The molecule has 160 valence electrons. The summed E-state index contributed by atoms with van der Waals surface area (Å²) in [4.78, 5) is 27.9. The van der Waals surface area contributed by atoms with Crippen molar-refractivity contribution in [1.82, 2.24) is 19.4 Å². The van der Waals surface area contributed by atoms with Crippen LogP contribution in [0.5, 0.6) is 0 Å². The Bertz CT molecular complexity index is 846. The van der Waals surface area contributed by atoms with Crippen molar-refractivity contribution in [2.24, 2.45) is 0 Å². The van der Waals surface area contributed by atoms with Gasteiger partial charge in [-0.05, 0) is 30.0 Å². The predicted molar refractivity (Wildman–Crippen MR) is 110 cm³/mol. The summed E-state index contributed by atoms with van der Waals surface area (Å²) >= 11 is 0. The predicted octanol–water partition coefficient (Wildman–Crippen LogP) is 1.79. The van der Waals surface area contributed by atoms with Crippen LogP contribution in [-0.2, 0) is 14.8 Å². The van der Waals surface area contributed by atoms with Crippen LogP contribution in [0.3, 0.4) is 0 Å². The quantitative estimate of drug-likeness (QED) is 0.677. The molecule has 1 N–H and O–H groups in total. The van der Waals surface area contributed by atoms with Crippen LogP contribution in [-0.4, -0.2) is 73.4 Å². The number of piperazine rings is 1. The summed E-state index contributed by atoms with van der Waals surface area (Å²) in [7, 11) is -3.55. The minimum Gasteiger partial charge on any atom is -0.326 e. The molecule has 1 atom stereocenters. The highest BCUT2D eigenvalue weighted by molar-refractivity contribution is 7.89. The number of benzene rings is 1. The maximum absolute atomic E-state index is 12.9. The zero-order chi connectivity index (χ0) is 21.2. The number of carbonyl (C=O) groups excluding carboxylic acids is 2. The van der Waals surface area contributed by atoms with E-state index in [-0.39, 0.29) is 18.6 Å². The van der Waals surface area contributed by atoms with Crippen molar-refractivity contribution in [3.63, 3.8) is 0 Å². The van der Waals surface area contributed by atoms with Gasteiger partial charge in [0.2, 0.25) is 10.0 Å². The minimum absolute atomic E-state index is 0.196. The lowest BCUT2D eigenvalue weighted by Crippen LogP contribution is -2.52. The van der Waals surface area contributed by atoms with E-state index in [4.69, 9.17) is 0 Å². The largest absolute Gasteiger partial charge is 0.326 e. The number of nitrogens with one attached hydrogen (secondary N) is 1. The molecular weight excluding hydrogens is 392 g/mol. The van der Waals surface area contributed by atoms with Crippen molar-refractivity contribution in [1.29, 1.82) is 0 Å². The Morgan fingerprint density at radius 1 is 1.07 bits per heavy atom. The fourth-order valence-corrected chi connectivity index (χ4v) is 5.10. The highest BCUT2D eigenvalue weighted by atomic mass is 32.2. The molecule has 8 nitrogen and oxygen atoms in total. The van der Waals surface area contributed by atoms with Crippen molar-refractivity contribution in [2.75, 3.05) is 32.8 Å². The van der Waals surface area contributed by atoms with Gasteiger partial charge in [-0.1, -0.05) is 39.3 Å². The molecule has 0 aliphatic carbocycles. The Morgan fingerprint density at radius 2 is 1.69 bits per heavy atom. The van der Waals surface area contributed by atoms with Crippen molar-refractivity contribution >= 4 is 22.0 Å². The molecule has 2 fully saturated rings. The van der Waals surface area contributed by atoms with Crippen molar-refractivity contribution < 1.29 is 18.0 Å². The Morgan fingerprint density at radius 3 is 2.24 bits per heavy atom. The number of nitrogens with zero attached hydrogens (tertiary/aromatic N) is 3. The highest BCUT2D eigenvalue weighted by Gasteiger charge is 2.39. The van der Waals surface area contributed by atoms with Crippen LogP contribution >= 0.6 is 0 Å². The molecule has 0 aromatic heterocycles. The van der Waals surface area contributed by atoms with Gasteiger partial charge in [-0.15, -0.1) is 0 Å². The molecule has 2 aliphatic rings. The van der Waals surface area contributed by atoms with Gasteiger partial charge in [0.25, 0.3) is 5.91 Å². The first kappa shape index (κ1) is 21.7. The first-order valence-corrected chi connectivity index (χ1v) is 11.6. The fourth-order valence-electron chi connectivity index (χ4n) is 3.68. The molecule has 29 heavy (non-hydrogen) atoms. The number of hydrogen-bond donors (Lipinski definition) is 1. The summed E-state index contributed by atoms with van der Waals surface area (Å²) in [5.41, 5.74) is 1.10. The molecule has 1 aromatic rings. The summed E-state index contributed by atoms with van der Waals surface area (Å²) in [6, 6.07) is 6.24. The second kappa shape index (κ2) is 8.81. The van der Waals surface area contributed by atoms with Crippen LogP contribution in [0.15, 0.2) is 29.2 Å². The van der Waals surface area contributed by atoms with E-state index >= 15 is 0 Å². The number of rotatable bonds is 7. The molecule has 0 unspecified atom stereocenters. The molecule has 2 saturated heterocycles. The zero-order valence-electron chi connectivity index (χ0n) is 17.3. The normalized spacial score (nSPS) is 21.8. The molecule has 9 heteroatoms. The van der Waals surface area contributed by atoms with Gasteiger partial charge in [0.1, 0.15) is 6.04 Å². The third kappa shape index (κ3) is 4.62. The molecule has 0 spiro atoms. The van der Waals surface area contributed by atoms with E-state index in [1.807, 2.05) is 24.0 Å². The third-order valence-corrected chi connectivity index (χ3v) is 7.45. The van der Waals surface area contributed by atoms with Gasteiger partial charge in [-0.3, -0.25) is 9.69 Å². The average molecular weight is 423 g/mol. The molecule has 0 saturated carbocycles. The molecule has 0 radical (unpaired) electrons. The first-order chi connectivity index (χ1) is 13.7. The number of sulfonamides is 1. The third-order valence-electron chi connectivity index (χ3n) is 5.54. The second-order valence-electron chi connectivity index (χ2n) is 7.94. The monoisotopic (exact) mass is 422 g/mol. The number of hydrogen-bond acceptors (Lipinski definition) is 5. The second-order valence-corrected chi connectivity index (χ2v) is 9.88. The topological polar surface area (TPSA) is 90.0 Å². The highest BCUT2D eigenvalue weighted by Crippen LogP contribution is 2.21. The van der Waals surface area contributed by atoms with Crippen LogP contribution in [0.1, 0.15) is 45.1 Å². The van der Waals surface area contributed by atoms with Crippen LogP contribution in [0, 0.1) is 0 Å². The van der Waals surface area contributed by atoms with Crippen LogP contribution < -0.4 is 5.32 Å². The van der Waals surface area contributed by atoms with Crippen LogP contribution in [0.4, 0.5) is 4.79 Å². The molecule has 2 aliphatic heterocycles. The number of urea groups is 1. The molecule has 0 bridgehead atoms. The molecule has 2 heterocycles. The molecule has 1 aromatic carbocycles. The van der Waals surface area contributed by atoms with Crippen molar-refractivity contribution in [3.05, 3.63) is 29.8 Å².